The van der Waals surface area contributed by atoms with Gasteiger partial charge in [0.1, 0.15) is 0 Å². The van der Waals surface area contributed by atoms with Gasteiger partial charge in [0.05, 0.1) is 0 Å². The van der Waals surface area contributed by atoms with E-state index in [4.69, 9.17) is 11.6 Å². The third kappa shape index (κ3) is 3.53. The molecule has 1 aromatic carbocycles. The number of anilines is 1. The summed E-state index contributed by atoms with van der Waals surface area (Å²) in [6, 6.07) is 7.03. The maximum atomic E-state index is 6.18. The lowest BCUT2D eigenvalue weighted by Gasteiger charge is -2.27. The van der Waals surface area contributed by atoms with Crippen molar-refractivity contribution in [3.05, 3.63) is 28.8 Å². The summed E-state index contributed by atoms with van der Waals surface area (Å²) < 4.78 is 0. The molecule has 0 amide bonds. The molecule has 116 valence electrons. The van der Waals surface area contributed by atoms with Crippen LogP contribution in [0.5, 0.6) is 0 Å². The van der Waals surface area contributed by atoms with E-state index in [-0.39, 0.29) is 0 Å². The fourth-order valence-corrected chi connectivity index (χ4v) is 3.84. The fraction of sp³-hybridized carbons (Fsp3) is 0.647. The van der Waals surface area contributed by atoms with Crippen LogP contribution in [0.25, 0.3) is 0 Å². The lowest BCUT2D eigenvalue weighted by atomic mass is 10.1. The average molecular weight is 308 g/mol. The summed E-state index contributed by atoms with van der Waals surface area (Å²) in [5.41, 5.74) is 2.85. The molecular weight excluding hydrogens is 282 g/mol. The third-order valence-corrected chi connectivity index (χ3v) is 4.91. The van der Waals surface area contributed by atoms with Crippen LogP contribution in [-0.2, 0) is 6.42 Å². The Kier molecular flexibility index (Phi) is 4.72. The smallest absolute Gasteiger partial charge is 0.0458 e. The van der Waals surface area contributed by atoms with E-state index in [0.29, 0.717) is 6.04 Å². The quantitative estimate of drug-likeness (QED) is 0.847. The molecule has 2 aliphatic rings. The highest BCUT2D eigenvalue weighted by Crippen LogP contribution is 2.35. The Morgan fingerprint density at radius 2 is 2.14 bits per heavy atom. The number of nitrogens with zero attached hydrogens (tertiary/aromatic N) is 3. The molecule has 1 aromatic rings. The van der Waals surface area contributed by atoms with Crippen LogP contribution in [0, 0.1) is 0 Å². The lowest BCUT2D eigenvalue weighted by Crippen LogP contribution is -2.39. The Morgan fingerprint density at radius 3 is 2.95 bits per heavy atom. The van der Waals surface area contributed by atoms with Crippen LogP contribution in [0.1, 0.15) is 18.4 Å². The van der Waals surface area contributed by atoms with Crippen LogP contribution in [-0.4, -0.2) is 62.7 Å². The average Bonchev–Trinajstić information content (AvgIpc) is 2.63. The fourth-order valence-electron chi connectivity index (χ4n) is 3.67. The zero-order chi connectivity index (χ0) is 14.8. The van der Waals surface area contributed by atoms with Crippen molar-refractivity contribution in [2.45, 2.75) is 25.3 Å². The van der Waals surface area contributed by atoms with Gasteiger partial charge >= 0.3 is 0 Å². The van der Waals surface area contributed by atoms with Crippen molar-refractivity contribution in [1.29, 1.82) is 0 Å². The summed E-state index contributed by atoms with van der Waals surface area (Å²) in [6.45, 7) is 6.00. The Hall–Kier alpha value is -0.770. The number of halogens is 1. The SMILES string of the molecule is CN(C)CCCN1CCCN2c3cc(Cl)ccc3CC2C1. The van der Waals surface area contributed by atoms with Gasteiger partial charge in [-0.25, -0.2) is 0 Å². The summed E-state index contributed by atoms with van der Waals surface area (Å²) >= 11 is 6.18. The molecule has 0 saturated carbocycles. The highest BCUT2D eigenvalue weighted by atomic mass is 35.5. The first-order valence-corrected chi connectivity index (χ1v) is 8.43. The van der Waals surface area contributed by atoms with E-state index in [2.05, 4.69) is 40.9 Å². The van der Waals surface area contributed by atoms with Crippen LogP contribution in [0.3, 0.4) is 0 Å². The molecule has 2 heterocycles. The predicted octanol–water partition coefficient (Wildman–Crippen LogP) is 2.73. The molecule has 1 fully saturated rings. The summed E-state index contributed by atoms with van der Waals surface area (Å²) in [5.74, 6) is 0. The zero-order valence-corrected chi connectivity index (χ0v) is 13.9. The predicted molar refractivity (Wildman–Crippen MR) is 90.5 cm³/mol. The molecule has 0 spiro atoms. The minimum atomic E-state index is 0.639. The van der Waals surface area contributed by atoms with Gasteiger partial charge < -0.3 is 14.7 Å². The highest BCUT2D eigenvalue weighted by Gasteiger charge is 2.32. The largest absolute Gasteiger partial charge is 0.367 e. The van der Waals surface area contributed by atoms with Crippen LogP contribution in [0.2, 0.25) is 5.02 Å². The molecule has 0 radical (unpaired) electrons. The Balaban J connectivity index is 1.63. The molecular formula is C17H26ClN3. The van der Waals surface area contributed by atoms with Gasteiger partial charge in [-0.3, -0.25) is 0 Å². The van der Waals surface area contributed by atoms with Gasteiger partial charge in [-0.2, -0.15) is 0 Å². The molecule has 1 unspecified atom stereocenters. The molecule has 0 bridgehead atoms. The van der Waals surface area contributed by atoms with Gasteiger partial charge in [0, 0.05) is 29.8 Å². The van der Waals surface area contributed by atoms with E-state index < -0.39 is 0 Å². The minimum Gasteiger partial charge on any atom is -0.367 e. The van der Waals surface area contributed by atoms with Crippen LogP contribution < -0.4 is 4.90 Å². The van der Waals surface area contributed by atoms with Gasteiger partial charge in [0.15, 0.2) is 0 Å². The van der Waals surface area contributed by atoms with Gasteiger partial charge in [-0.15, -0.1) is 0 Å². The van der Waals surface area contributed by atoms with E-state index in [1.54, 1.807) is 0 Å². The molecule has 21 heavy (non-hydrogen) atoms. The van der Waals surface area contributed by atoms with E-state index in [9.17, 15) is 0 Å². The molecule has 4 heteroatoms. The van der Waals surface area contributed by atoms with Crippen molar-refractivity contribution in [3.63, 3.8) is 0 Å². The van der Waals surface area contributed by atoms with E-state index in [1.807, 2.05) is 6.07 Å². The normalized spacial score (nSPS) is 22.3. The topological polar surface area (TPSA) is 9.72 Å². The first-order valence-electron chi connectivity index (χ1n) is 8.05. The first kappa shape index (κ1) is 15.1. The number of fused-ring (bicyclic) bond motifs is 3. The number of hydrogen-bond donors (Lipinski definition) is 0. The van der Waals surface area contributed by atoms with Crippen molar-refractivity contribution >= 4 is 17.3 Å². The monoisotopic (exact) mass is 307 g/mol. The van der Waals surface area contributed by atoms with Crippen LogP contribution in [0.15, 0.2) is 18.2 Å². The standard InChI is InChI=1S/C17H26ClN3/c1-19(2)7-3-8-20-9-4-10-21-16(13-20)11-14-5-6-15(18)12-17(14)21/h5-6,12,16H,3-4,7-11,13H2,1-2H3. The molecule has 0 aromatic heterocycles. The molecule has 0 N–H and O–H groups in total. The molecule has 3 rings (SSSR count). The Bertz CT molecular complexity index is 489. The summed E-state index contributed by atoms with van der Waals surface area (Å²) in [5, 5.41) is 0.862. The van der Waals surface area contributed by atoms with Crippen molar-refractivity contribution < 1.29 is 0 Å². The maximum Gasteiger partial charge on any atom is 0.0458 e. The van der Waals surface area contributed by atoms with E-state index in [1.165, 1.54) is 63.2 Å². The first-order chi connectivity index (χ1) is 10.1. The summed E-state index contributed by atoms with van der Waals surface area (Å²) in [7, 11) is 4.31. The van der Waals surface area contributed by atoms with E-state index >= 15 is 0 Å². The summed E-state index contributed by atoms with van der Waals surface area (Å²) in [4.78, 5) is 7.52. The van der Waals surface area contributed by atoms with Gasteiger partial charge in [-0.05, 0) is 70.7 Å². The van der Waals surface area contributed by atoms with E-state index in [0.717, 1.165) is 5.02 Å². The Morgan fingerprint density at radius 1 is 1.29 bits per heavy atom. The third-order valence-electron chi connectivity index (χ3n) is 4.68. The number of rotatable bonds is 4. The van der Waals surface area contributed by atoms with Crippen molar-refractivity contribution in [3.8, 4) is 0 Å². The van der Waals surface area contributed by atoms with Crippen LogP contribution in [0.4, 0.5) is 5.69 Å². The number of benzene rings is 1. The van der Waals surface area contributed by atoms with Gasteiger partial charge in [-0.1, -0.05) is 17.7 Å². The molecule has 0 aliphatic carbocycles. The van der Waals surface area contributed by atoms with Crippen molar-refractivity contribution in [2.24, 2.45) is 0 Å². The highest BCUT2D eigenvalue weighted by molar-refractivity contribution is 6.30. The molecule has 1 saturated heterocycles. The van der Waals surface area contributed by atoms with Gasteiger partial charge in [0.25, 0.3) is 0 Å². The number of hydrogen-bond acceptors (Lipinski definition) is 3. The Labute approximate surface area is 133 Å². The minimum absolute atomic E-state index is 0.639. The van der Waals surface area contributed by atoms with Crippen molar-refractivity contribution in [2.75, 3.05) is 51.7 Å². The second kappa shape index (κ2) is 6.55. The second-order valence-electron chi connectivity index (χ2n) is 6.64. The summed E-state index contributed by atoms with van der Waals surface area (Å²) in [6.07, 6.45) is 3.69. The second-order valence-corrected chi connectivity index (χ2v) is 7.07. The zero-order valence-electron chi connectivity index (χ0n) is 13.2. The molecule has 3 nitrogen and oxygen atoms in total. The molecule has 2 aliphatic heterocycles. The molecule has 1 atom stereocenters. The maximum absolute atomic E-state index is 6.18. The van der Waals surface area contributed by atoms with Crippen LogP contribution >= 0.6 is 11.6 Å². The van der Waals surface area contributed by atoms with Gasteiger partial charge in [0.2, 0.25) is 0 Å². The van der Waals surface area contributed by atoms with Crippen molar-refractivity contribution in [1.82, 2.24) is 9.80 Å². The lowest BCUT2D eigenvalue weighted by molar-refractivity contribution is 0.255.